The van der Waals surface area contributed by atoms with Crippen molar-refractivity contribution in [2.24, 2.45) is 0 Å². The minimum atomic E-state index is -0.840. The van der Waals surface area contributed by atoms with Crippen LogP contribution in [-0.2, 0) is 17.8 Å². The number of aryl methyl sites for hydroxylation is 1. The van der Waals surface area contributed by atoms with Crippen LogP contribution in [0.15, 0.2) is 54.9 Å². The molecule has 2 heterocycles. The van der Waals surface area contributed by atoms with Crippen molar-refractivity contribution in [1.29, 1.82) is 5.26 Å². The smallest absolute Gasteiger partial charge is 0.303 e. The molecule has 0 atom stereocenters. The molecule has 0 bridgehead atoms. The number of anilines is 1. The molecule has 0 radical (unpaired) electrons. The van der Waals surface area contributed by atoms with Gasteiger partial charge in [0.15, 0.2) is 0 Å². The van der Waals surface area contributed by atoms with Crippen molar-refractivity contribution in [2.45, 2.75) is 19.4 Å². The van der Waals surface area contributed by atoms with Crippen molar-refractivity contribution < 1.29 is 19.0 Å². The Hall–Kier alpha value is -4.45. The lowest BCUT2D eigenvalue weighted by atomic mass is 10.0. The summed E-state index contributed by atoms with van der Waals surface area (Å²) in [4.78, 5) is 19.4. The molecule has 8 nitrogen and oxygen atoms in total. The van der Waals surface area contributed by atoms with Crippen molar-refractivity contribution in [1.82, 2.24) is 14.5 Å². The highest BCUT2D eigenvalue weighted by molar-refractivity contribution is 5.88. The molecule has 0 saturated carbocycles. The van der Waals surface area contributed by atoms with Gasteiger partial charge in [0.05, 0.1) is 18.3 Å². The number of benzene rings is 2. The summed E-state index contributed by atoms with van der Waals surface area (Å²) in [6.45, 7) is 0.727. The van der Waals surface area contributed by atoms with Gasteiger partial charge in [0.2, 0.25) is 0 Å². The van der Waals surface area contributed by atoms with Crippen molar-refractivity contribution in [2.75, 3.05) is 19.0 Å². The Balaban J connectivity index is 1.51. The van der Waals surface area contributed by atoms with E-state index in [2.05, 4.69) is 21.4 Å². The fraction of sp³-hybridized carbons (Fsp3) is 0.200. The van der Waals surface area contributed by atoms with Gasteiger partial charge in [-0.2, -0.15) is 5.26 Å². The van der Waals surface area contributed by atoms with Crippen molar-refractivity contribution in [3.8, 4) is 23.1 Å². The number of methoxy groups -OCH3 is 1. The molecule has 2 N–H and O–H groups in total. The van der Waals surface area contributed by atoms with Crippen LogP contribution >= 0.6 is 0 Å². The van der Waals surface area contributed by atoms with Crippen LogP contribution in [0.1, 0.15) is 17.7 Å². The van der Waals surface area contributed by atoms with E-state index in [1.165, 1.54) is 19.5 Å². The molecule has 0 aliphatic heterocycles. The molecule has 34 heavy (non-hydrogen) atoms. The summed E-state index contributed by atoms with van der Waals surface area (Å²) in [6.07, 6.45) is 1.94. The summed E-state index contributed by atoms with van der Waals surface area (Å²) < 4.78 is 21.5. The molecule has 0 unspecified atom stereocenters. The average molecular weight is 459 g/mol. The summed E-state index contributed by atoms with van der Waals surface area (Å²) in [6, 6.07) is 16.0. The summed E-state index contributed by atoms with van der Waals surface area (Å²) >= 11 is 0. The summed E-state index contributed by atoms with van der Waals surface area (Å²) in [5.74, 6) is -0.184. The SMILES string of the molecule is COc1ccc(F)c2c1cc(C#N)n2CCNc1cc(-c2cccc(CCC(=O)O)c2)ncn1. The number of nitrogens with one attached hydrogen (secondary N) is 1. The number of aromatic nitrogens is 3. The van der Waals surface area contributed by atoms with Crippen molar-refractivity contribution >= 4 is 22.7 Å². The van der Waals surface area contributed by atoms with Gasteiger partial charge in [-0.05, 0) is 36.2 Å². The van der Waals surface area contributed by atoms with Crippen LogP contribution in [0.4, 0.5) is 10.2 Å². The topological polar surface area (TPSA) is 113 Å². The zero-order valence-corrected chi connectivity index (χ0v) is 18.5. The van der Waals surface area contributed by atoms with E-state index < -0.39 is 11.8 Å². The summed E-state index contributed by atoms with van der Waals surface area (Å²) in [5, 5.41) is 22.2. The minimum Gasteiger partial charge on any atom is -0.496 e. The number of carboxylic acid groups (broad SMARTS) is 1. The first-order chi connectivity index (χ1) is 16.5. The summed E-state index contributed by atoms with van der Waals surface area (Å²) in [5.41, 5.74) is 3.11. The van der Waals surface area contributed by atoms with Gasteiger partial charge in [0, 0.05) is 36.5 Å². The lowest BCUT2D eigenvalue weighted by molar-refractivity contribution is -0.136. The van der Waals surface area contributed by atoms with Crippen molar-refractivity contribution in [3.63, 3.8) is 0 Å². The highest BCUT2D eigenvalue weighted by Crippen LogP contribution is 2.31. The standard InChI is InChI=1S/C25H22FN5O3/c1-34-22-7-6-20(26)25-19(22)12-18(14-27)31(25)10-9-28-23-13-21(29-15-30-23)17-4-2-3-16(11-17)5-8-24(32)33/h2-4,6-7,11-13,15H,5,8-10H2,1H3,(H,32,33)(H,28,29,30). The van der Waals surface area contributed by atoms with Gasteiger partial charge in [-0.3, -0.25) is 4.79 Å². The number of hydrogen-bond donors (Lipinski definition) is 2. The van der Waals surface area contributed by atoms with E-state index in [1.807, 2.05) is 24.3 Å². The second-order valence-electron chi connectivity index (χ2n) is 7.61. The number of ether oxygens (including phenoxy) is 1. The largest absolute Gasteiger partial charge is 0.496 e. The van der Waals surface area contributed by atoms with Crippen LogP contribution in [0, 0.1) is 17.1 Å². The number of rotatable bonds is 9. The van der Waals surface area contributed by atoms with E-state index in [4.69, 9.17) is 9.84 Å². The Morgan fingerprint density at radius 1 is 1.24 bits per heavy atom. The van der Waals surface area contributed by atoms with E-state index in [1.54, 1.807) is 22.8 Å². The molecule has 0 aliphatic rings. The number of hydrogen-bond acceptors (Lipinski definition) is 6. The molecule has 0 amide bonds. The number of carboxylic acids is 1. The zero-order chi connectivity index (χ0) is 24.1. The van der Waals surface area contributed by atoms with Gasteiger partial charge in [-0.1, -0.05) is 18.2 Å². The predicted octanol–water partition coefficient (Wildman–Crippen LogP) is 4.25. The lowest BCUT2D eigenvalue weighted by Gasteiger charge is -2.11. The molecule has 0 spiro atoms. The minimum absolute atomic E-state index is 0.0608. The molecule has 4 aromatic rings. The Bertz CT molecular complexity index is 1390. The van der Waals surface area contributed by atoms with Crippen LogP contribution < -0.4 is 10.1 Å². The molecule has 0 fully saturated rings. The van der Waals surface area contributed by atoms with Crippen LogP contribution in [0.5, 0.6) is 5.75 Å². The van der Waals surface area contributed by atoms with Crippen molar-refractivity contribution in [3.05, 3.63) is 71.9 Å². The second kappa shape index (κ2) is 10.0. The first kappa shape index (κ1) is 22.7. The Morgan fingerprint density at radius 3 is 2.85 bits per heavy atom. The van der Waals surface area contributed by atoms with Gasteiger partial charge in [-0.15, -0.1) is 0 Å². The maximum absolute atomic E-state index is 14.6. The summed E-state index contributed by atoms with van der Waals surface area (Å²) in [7, 11) is 1.51. The second-order valence-corrected chi connectivity index (χ2v) is 7.61. The Labute approximate surface area is 195 Å². The molecule has 2 aromatic heterocycles. The molecular formula is C25H22FN5O3. The van der Waals surface area contributed by atoms with E-state index in [9.17, 15) is 14.4 Å². The quantitative estimate of drug-likeness (QED) is 0.385. The Kier molecular flexibility index (Phi) is 6.69. The molecule has 2 aromatic carbocycles. The van der Waals surface area contributed by atoms with Crippen LogP contribution in [-0.4, -0.2) is 39.3 Å². The third-order valence-electron chi connectivity index (χ3n) is 5.46. The zero-order valence-electron chi connectivity index (χ0n) is 18.5. The van der Waals surface area contributed by atoms with Crippen LogP contribution in [0.3, 0.4) is 0 Å². The number of halogens is 1. The predicted molar refractivity (Wildman–Crippen MR) is 125 cm³/mol. The molecule has 9 heteroatoms. The normalized spacial score (nSPS) is 10.7. The highest BCUT2D eigenvalue weighted by atomic mass is 19.1. The maximum atomic E-state index is 14.6. The van der Waals surface area contributed by atoms with Crippen LogP contribution in [0.25, 0.3) is 22.2 Å². The fourth-order valence-corrected chi connectivity index (χ4v) is 3.86. The Morgan fingerprint density at radius 2 is 2.09 bits per heavy atom. The van der Waals surface area contributed by atoms with Gasteiger partial charge in [-0.25, -0.2) is 14.4 Å². The molecule has 0 aliphatic carbocycles. The third-order valence-corrected chi connectivity index (χ3v) is 5.46. The average Bonchev–Trinajstić information content (AvgIpc) is 3.23. The van der Waals surface area contributed by atoms with E-state index in [-0.39, 0.29) is 6.42 Å². The number of nitrogens with zero attached hydrogens (tertiary/aromatic N) is 4. The number of carbonyl (C=O) groups is 1. The van der Waals surface area contributed by atoms with E-state index in [0.717, 1.165) is 11.1 Å². The van der Waals surface area contributed by atoms with E-state index >= 15 is 0 Å². The number of fused-ring (bicyclic) bond motifs is 1. The van der Waals surface area contributed by atoms with E-state index in [0.29, 0.717) is 53.4 Å². The van der Waals surface area contributed by atoms with Gasteiger partial charge in [0.25, 0.3) is 0 Å². The highest BCUT2D eigenvalue weighted by Gasteiger charge is 2.16. The molecular weight excluding hydrogens is 437 g/mol. The molecule has 0 saturated heterocycles. The van der Waals surface area contributed by atoms with Gasteiger partial charge in [0.1, 0.15) is 35.5 Å². The number of aliphatic carboxylic acids is 1. The molecule has 4 rings (SSSR count). The lowest BCUT2D eigenvalue weighted by Crippen LogP contribution is -2.13. The first-order valence-corrected chi connectivity index (χ1v) is 10.6. The first-order valence-electron chi connectivity index (χ1n) is 10.6. The van der Waals surface area contributed by atoms with Crippen LogP contribution in [0.2, 0.25) is 0 Å². The van der Waals surface area contributed by atoms with Gasteiger partial charge < -0.3 is 19.7 Å². The van der Waals surface area contributed by atoms with Gasteiger partial charge >= 0.3 is 5.97 Å². The fourth-order valence-electron chi connectivity index (χ4n) is 3.86. The monoisotopic (exact) mass is 459 g/mol. The number of nitriles is 1. The molecule has 172 valence electrons. The maximum Gasteiger partial charge on any atom is 0.303 e. The third kappa shape index (κ3) is 4.81.